The highest BCUT2D eigenvalue weighted by molar-refractivity contribution is 5.92. The van der Waals surface area contributed by atoms with Crippen molar-refractivity contribution in [2.75, 3.05) is 26.7 Å². The Morgan fingerprint density at radius 2 is 2.24 bits per heavy atom. The van der Waals surface area contributed by atoms with Crippen LogP contribution < -0.4 is 5.32 Å². The molecule has 0 atom stereocenters. The van der Waals surface area contributed by atoms with Crippen molar-refractivity contribution in [2.45, 2.75) is 26.7 Å². The van der Waals surface area contributed by atoms with Crippen molar-refractivity contribution < 1.29 is 9.32 Å². The van der Waals surface area contributed by atoms with Gasteiger partial charge in [0.15, 0.2) is 5.69 Å². The molecule has 1 amide bonds. The summed E-state index contributed by atoms with van der Waals surface area (Å²) in [5, 5.41) is 6.54. The molecule has 0 saturated heterocycles. The fourth-order valence-electron chi connectivity index (χ4n) is 1.53. The number of hydrogen-bond donors (Lipinski definition) is 1. The summed E-state index contributed by atoms with van der Waals surface area (Å²) >= 11 is 0. The Morgan fingerprint density at radius 1 is 1.47 bits per heavy atom. The number of nitrogens with zero attached hydrogens (tertiary/aromatic N) is 2. The van der Waals surface area contributed by atoms with Crippen LogP contribution in [-0.4, -0.2) is 42.6 Å². The number of hydrogen-bond acceptors (Lipinski definition) is 4. The monoisotopic (exact) mass is 239 g/mol. The highest BCUT2D eigenvalue weighted by Gasteiger charge is 2.11. The zero-order valence-corrected chi connectivity index (χ0v) is 10.8. The van der Waals surface area contributed by atoms with Gasteiger partial charge < -0.3 is 14.7 Å². The fraction of sp³-hybridized carbons (Fsp3) is 0.667. The van der Waals surface area contributed by atoms with Gasteiger partial charge in [0.05, 0.1) is 0 Å². The smallest absolute Gasteiger partial charge is 0.273 e. The van der Waals surface area contributed by atoms with E-state index in [1.54, 1.807) is 6.07 Å². The third-order valence-corrected chi connectivity index (χ3v) is 2.52. The van der Waals surface area contributed by atoms with E-state index in [-0.39, 0.29) is 5.91 Å². The van der Waals surface area contributed by atoms with Crippen LogP contribution in [0.1, 0.15) is 36.5 Å². The lowest BCUT2D eigenvalue weighted by Crippen LogP contribution is -2.33. The van der Waals surface area contributed by atoms with E-state index in [2.05, 4.69) is 22.3 Å². The van der Waals surface area contributed by atoms with E-state index in [1.165, 1.54) is 0 Å². The summed E-state index contributed by atoms with van der Waals surface area (Å²) in [7, 11) is 2.04. The van der Waals surface area contributed by atoms with E-state index in [0.29, 0.717) is 12.2 Å². The second-order valence-corrected chi connectivity index (χ2v) is 4.09. The number of amides is 1. The summed E-state index contributed by atoms with van der Waals surface area (Å²) in [6.45, 7) is 6.61. The van der Waals surface area contributed by atoms with Crippen molar-refractivity contribution >= 4 is 5.91 Å². The number of rotatable bonds is 7. The molecule has 0 radical (unpaired) electrons. The summed E-state index contributed by atoms with van der Waals surface area (Å²) in [6, 6.07) is 1.69. The van der Waals surface area contributed by atoms with Crippen LogP contribution in [0.5, 0.6) is 0 Å². The molecule has 0 fully saturated rings. The van der Waals surface area contributed by atoms with Crippen LogP contribution >= 0.6 is 0 Å². The van der Waals surface area contributed by atoms with Crippen LogP contribution in [0, 0.1) is 0 Å². The largest absolute Gasteiger partial charge is 0.361 e. The van der Waals surface area contributed by atoms with E-state index < -0.39 is 0 Å². The Labute approximate surface area is 102 Å². The molecule has 0 aliphatic heterocycles. The van der Waals surface area contributed by atoms with Crippen LogP contribution in [0.2, 0.25) is 0 Å². The molecule has 0 bridgehead atoms. The maximum absolute atomic E-state index is 11.7. The molecule has 96 valence electrons. The van der Waals surface area contributed by atoms with Gasteiger partial charge in [-0.1, -0.05) is 19.0 Å². The van der Waals surface area contributed by atoms with E-state index in [1.807, 2.05) is 14.0 Å². The minimum absolute atomic E-state index is 0.168. The van der Waals surface area contributed by atoms with Gasteiger partial charge in [-0.25, -0.2) is 0 Å². The Balaban J connectivity index is 2.29. The molecule has 0 aliphatic rings. The lowest BCUT2D eigenvalue weighted by Gasteiger charge is -2.15. The molecular formula is C12H21N3O2. The summed E-state index contributed by atoms with van der Waals surface area (Å²) in [5.41, 5.74) is 0.361. The molecule has 1 heterocycles. The quantitative estimate of drug-likeness (QED) is 0.779. The predicted molar refractivity (Wildman–Crippen MR) is 66.0 cm³/mol. The molecule has 0 aliphatic carbocycles. The van der Waals surface area contributed by atoms with Crippen molar-refractivity contribution in [3.63, 3.8) is 0 Å². The van der Waals surface area contributed by atoms with Gasteiger partial charge in [-0.3, -0.25) is 4.79 Å². The second kappa shape index (κ2) is 7.06. The standard InChI is InChI=1S/C12H21N3O2/c1-4-7-15(3)8-6-13-12(16)11-9-10(5-2)17-14-11/h9H,4-8H2,1-3H3,(H,13,16). The van der Waals surface area contributed by atoms with Gasteiger partial charge in [-0.2, -0.15) is 0 Å². The number of likely N-dealkylation sites (N-methyl/N-ethyl adjacent to an activating group) is 1. The molecule has 1 aromatic rings. The molecular weight excluding hydrogens is 218 g/mol. The summed E-state index contributed by atoms with van der Waals surface area (Å²) < 4.78 is 4.98. The Kier molecular flexibility index (Phi) is 5.69. The molecule has 1 rings (SSSR count). The minimum atomic E-state index is -0.168. The third kappa shape index (κ3) is 4.56. The number of nitrogens with one attached hydrogen (secondary N) is 1. The molecule has 5 heteroatoms. The van der Waals surface area contributed by atoms with Crippen LogP contribution in [0.15, 0.2) is 10.6 Å². The number of aromatic nitrogens is 1. The highest BCUT2D eigenvalue weighted by atomic mass is 16.5. The number of carbonyl (C=O) groups is 1. The summed E-state index contributed by atoms with van der Waals surface area (Å²) in [6.07, 6.45) is 1.87. The summed E-state index contributed by atoms with van der Waals surface area (Å²) in [4.78, 5) is 13.8. The van der Waals surface area contributed by atoms with Gasteiger partial charge in [-0.15, -0.1) is 0 Å². The Morgan fingerprint density at radius 3 is 2.82 bits per heavy atom. The van der Waals surface area contributed by atoms with Gasteiger partial charge in [0, 0.05) is 25.6 Å². The van der Waals surface area contributed by atoms with Gasteiger partial charge in [0.25, 0.3) is 5.91 Å². The van der Waals surface area contributed by atoms with E-state index in [9.17, 15) is 4.79 Å². The minimum Gasteiger partial charge on any atom is -0.361 e. The Bertz CT molecular complexity index is 349. The molecule has 1 N–H and O–H groups in total. The first-order chi connectivity index (χ1) is 8.17. The van der Waals surface area contributed by atoms with Gasteiger partial charge in [-0.05, 0) is 20.0 Å². The van der Waals surface area contributed by atoms with Crippen molar-refractivity contribution in [2.24, 2.45) is 0 Å². The first-order valence-corrected chi connectivity index (χ1v) is 6.09. The van der Waals surface area contributed by atoms with Crippen molar-refractivity contribution in [3.8, 4) is 0 Å². The predicted octanol–water partition coefficient (Wildman–Crippen LogP) is 1.31. The van der Waals surface area contributed by atoms with E-state index in [0.717, 1.165) is 31.7 Å². The van der Waals surface area contributed by atoms with Gasteiger partial charge in [0.2, 0.25) is 0 Å². The van der Waals surface area contributed by atoms with Crippen LogP contribution in [0.4, 0.5) is 0 Å². The maximum Gasteiger partial charge on any atom is 0.273 e. The lowest BCUT2D eigenvalue weighted by molar-refractivity contribution is 0.0941. The highest BCUT2D eigenvalue weighted by Crippen LogP contribution is 2.03. The van der Waals surface area contributed by atoms with Crippen molar-refractivity contribution in [1.29, 1.82) is 0 Å². The topological polar surface area (TPSA) is 58.4 Å². The van der Waals surface area contributed by atoms with E-state index >= 15 is 0 Å². The molecule has 0 aromatic carbocycles. The summed E-state index contributed by atoms with van der Waals surface area (Å²) in [5.74, 6) is 0.566. The van der Waals surface area contributed by atoms with E-state index in [4.69, 9.17) is 4.52 Å². The lowest BCUT2D eigenvalue weighted by atomic mass is 10.3. The van der Waals surface area contributed by atoms with Crippen LogP contribution in [0.3, 0.4) is 0 Å². The maximum atomic E-state index is 11.7. The second-order valence-electron chi connectivity index (χ2n) is 4.09. The zero-order chi connectivity index (χ0) is 12.7. The third-order valence-electron chi connectivity index (χ3n) is 2.52. The Hall–Kier alpha value is -1.36. The zero-order valence-electron chi connectivity index (χ0n) is 10.8. The molecule has 1 aromatic heterocycles. The molecule has 0 saturated carbocycles. The average molecular weight is 239 g/mol. The SMILES string of the molecule is CCCN(C)CCNC(=O)c1cc(CC)on1. The van der Waals surface area contributed by atoms with Gasteiger partial charge >= 0.3 is 0 Å². The first-order valence-electron chi connectivity index (χ1n) is 6.09. The molecule has 5 nitrogen and oxygen atoms in total. The van der Waals surface area contributed by atoms with Crippen molar-refractivity contribution in [1.82, 2.24) is 15.4 Å². The molecule has 0 spiro atoms. The number of carbonyl (C=O) groups excluding carboxylic acids is 1. The average Bonchev–Trinajstić information content (AvgIpc) is 2.77. The van der Waals surface area contributed by atoms with Gasteiger partial charge in [0.1, 0.15) is 5.76 Å². The van der Waals surface area contributed by atoms with Crippen LogP contribution in [0.25, 0.3) is 0 Å². The normalized spacial score (nSPS) is 10.8. The molecule has 0 unspecified atom stereocenters. The first kappa shape index (κ1) is 13.7. The number of aryl methyl sites for hydroxylation is 1. The fourth-order valence-corrected chi connectivity index (χ4v) is 1.53. The van der Waals surface area contributed by atoms with Crippen molar-refractivity contribution in [3.05, 3.63) is 17.5 Å². The van der Waals surface area contributed by atoms with Crippen LogP contribution in [-0.2, 0) is 6.42 Å². The molecule has 17 heavy (non-hydrogen) atoms.